The number of anilines is 1. The summed E-state index contributed by atoms with van der Waals surface area (Å²) >= 11 is 0. The molecule has 5 nitrogen and oxygen atoms in total. The predicted molar refractivity (Wildman–Crippen MR) is 83.3 cm³/mol. The molecule has 22 heavy (non-hydrogen) atoms. The van der Waals surface area contributed by atoms with Crippen LogP contribution < -0.4 is 4.90 Å². The van der Waals surface area contributed by atoms with E-state index >= 15 is 0 Å². The summed E-state index contributed by atoms with van der Waals surface area (Å²) in [6.45, 7) is 5.91. The Balaban J connectivity index is 2.44. The van der Waals surface area contributed by atoms with Gasteiger partial charge in [-0.3, -0.25) is 9.59 Å². The van der Waals surface area contributed by atoms with E-state index in [-0.39, 0.29) is 24.6 Å². The summed E-state index contributed by atoms with van der Waals surface area (Å²) in [5.74, 6) is -1.08. The number of aryl methyl sites for hydroxylation is 3. The molecule has 0 aliphatic carbocycles. The molecule has 116 valence electrons. The van der Waals surface area contributed by atoms with Crippen LogP contribution in [0.25, 0.3) is 0 Å². The monoisotopic (exact) mass is 301 g/mol. The number of furan rings is 1. The topological polar surface area (TPSA) is 70.8 Å². The number of nitrogens with zero attached hydrogens (tertiary/aromatic N) is 1. The number of hydrogen-bond donors (Lipinski definition) is 1. The minimum atomic E-state index is -0.945. The van der Waals surface area contributed by atoms with Gasteiger partial charge in [-0.15, -0.1) is 0 Å². The van der Waals surface area contributed by atoms with Crippen LogP contribution in [-0.4, -0.2) is 23.5 Å². The average Bonchev–Trinajstić information content (AvgIpc) is 2.94. The summed E-state index contributed by atoms with van der Waals surface area (Å²) in [6, 6.07) is 7.17. The van der Waals surface area contributed by atoms with Crippen LogP contribution in [0.2, 0.25) is 0 Å². The third kappa shape index (κ3) is 3.36. The molecule has 1 aromatic heterocycles. The molecule has 0 fully saturated rings. The van der Waals surface area contributed by atoms with Crippen LogP contribution in [0.15, 0.2) is 34.9 Å². The van der Waals surface area contributed by atoms with E-state index < -0.39 is 5.97 Å². The Hall–Kier alpha value is -2.56. The van der Waals surface area contributed by atoms with E-state index in [0.717, 1.165) is 22.4 Å². The first-order valence-corrected chi connectivity index (χ1v) is 7.05. The van der Waals surface area contributed by atoms with Crippen molar-refractivity contribution in [2.45, 2.75) is 27.2 Å². The second-order valence-electron chi connectivity index (χ2n) is 5.33. The number of amides is 1. The zero-order valence-electron chi connectivity index (χ0n) is 12.9. The van der Waals surface area contributed by atoms with Gasteiger partial charge in [0.05, 0.1) is 12.7 Å². The van der Waals surface area contributed by atoms with E-state index in [2.05, 4.69) is 0 Å². The van der Waals surface area contributed by atoms with Crippen LogP contribution in [0.4, 0.5) is 5.69 Å². The molecule has 1 amide bonds. The highest BCUT2D eigenvalue weighted by Gasteiger charge is 2.23. The van der Waals surface area contributed by atoms with Crippen molar-refractivity contribution in [1.82, 2.24) is 0 Å². The van der Waals surface area contributed by atoms with Gasteiger partial charge in [0.1, 0.15) is 0 Å². The Bertz CT molecular complexity index is 666. The van der Waals surface area contributed by atoms with Crippen LogP contribution in [0.3, 0.4) is 0 Å². The van der Waals surface area contributed by atoms with Crippen LogP contribution in [0, 0.1) is 20.8 Å². The highest BCUT2D eigenvalue weighted by atomic mass is 16.4. The minimum absolute atomic E-state index is 0.0968. The van der Waals surface area contributed by atoms with Crippen molar-refractivity contribution in [1.29, 1.82) is 0 Å². The number of carbonyl (C=O) groups is 2. The maximum Gasteiger partial charge on any atom is 0.305 e. The molecule has 0 radical (unpaired) electrons. The average molecular weight is 301 g/mol. The van der Waals surface area contributed by atoms with E-state index in [1.165, 1.54) is 11.2 Å². The molecule has 0 unspecified atom stereocenters. The van der Waals surface area contributed by atoms with Crippen molar-refractivity contribution in [2.75, 3.05) is 11.4 Å². The van der Waals surface area contributed by atoms with Crippen molar-refractivity contribution in [3.63, 3.8) is 0 Å². The summed E-state index contributed by atoms with van der Waals surface area (Å²) in [5.41, 5.74) is 3.71. The molecule has 1 aromatic carbocycles. The number of rotatable bonds is 5. The van der Waals surface area contributed by atoms with Gasteiger partial charge in [0.25, 0.3) is 5.91 Å². The van der Waals surface area contributed by atoms with Crippen LogP contribution in [-0.2, 0) is 4.79 Å². The second kappa shape index (κ2) is 6.47. The Morgan fingerprint density at radius 1 is 1.18 bits per heavy atom. The lowest BCUT2D eigenvalue weighted by Crippen LogP contribution is -2.34. The molecule has 0 atom stereocenters. The van der Waals surface area contributed by atoms with Crippen molar-refractivity contribution >= 4 is 17.6 Å². The van der Waals surface area contributed by atoms with E-state index in [9.17, 15) is 9.59 Å². The molecule has 2 rings (SSSR count). The van der Waals surface area contributed by atoms with Gasteiger partial charge in [0.2, 0.25) is 0 Å². The summed E-state index contributed by atoms with van der Waals surface area (Å²) in [4.78, 5) is 25.0. The van der Waals surface area contributed by atoms with Crippen LogP contribution in [0.5, 0.6) is 0 Å². The van der Waals surface area contributed by atoms with Gasteiger partial charge >= 0.3 is 5.97 Å². The number of carboxylic acids is 1. The van der Waals surface area contributed by atoms with Gasteiger partial charge in [-0.2, -0.15) is 0 Å². The van der Waals surface area contributed by atoms with Crippen LogP contribution in [0.1, 0.15) is 33.7 Å². The number of aliphatic carboxylic acids is 1. The van der Waals surface area contributed by atoms with Gasteiger partial charge in [0.15, 0.2) is 5.76 Å². The first-order valence-electron chi connectivity index (χ1n) is 7.05. The molecule has 0 aliphatic heterocycles. The lowest BCUT2D eigenvalue weighted by molar-refractivity contribution is -0.136. The Labute approximate surface area is 129 Å². The van der Waals surface area contributed by atoms with Crippen molar-refractivity contribution < 1.29 is 19.1 Å². The number of carbonyl (C=O) groups excluding carboxylic acids is 1. The van der Waals surface area contributed by atoms with Gasteiger partial charge < -0.3 is 14.4 Å². The molecule has 5 heteroatoms. The van der Waals surface area contributed by atoms with Crippen molar-refractivity contribution in [3.05, 3.63) is 53.0 Å². The zero-order valence-corrected chi connectivity index (χ0v) is 12.9. The van der Waals surface area contributed by atoms with E-state index in [4.69, 9.17) is 9.52 Å². The fraction of sp³-hybridized carbons (Fsp3) is 0.294. The number of benzene rings is 1. The fourth-order valence-electron chi connectivity index (χ4n) is 2.65. The van der Waals surface area contributed by atoms with Gasteiger partial charge in [-0.05, 0) is 44.0 Å². The molecule has 1 heterocycles. The molecule has 2 aromatic rings. The summed E-state index contributed by atoms with van der Waals surface area (Å²) in [5, 5.41) is 8.94. The maximum absolute atomic E-state index is 12.6. The molecule has 0 saturated carbocycles. The SMILES string of the molecule is Cc1cc(C)c(N(CCC(=O)O)C(=O)c2ccco2)c(C)c1. The standard InChI is InChI=1S/C17H19NO4/c1-11-9-12(2)16(13(3)10-11)18(7-6-15(19)20)17(21)14-5-4-8-22-14/h4-5,8-10H,6-7H2,1-3H3,(H,19,20). The highest BCUT2D eigenvalue weighted by molar-refractivity contribution is 6.05. The lowest BCUT2D eigenvalue weighted by atomic mass is 10.0. The van der Waals surface area contributed by atoms with Crippen molar-refractivity contribution in [3.8, 4) is 0 Å². The first kappa shape index (κ1) is 15.8. The highest BCUT2D eigenvalue weighted by Crippen LogP contribution is 2.28. The van der Waals surface area contributed by atoms with Crippen LogP contribution >= 0.6 is 0 Å². The number of carboxylic acid groups (broad SMARTS) is 1. The molecule has 0 saturated heterocycles. The minimum Gasteiger partial charge on any atom is -0.481 e. The smallest absolute Gasteiger partial charge is 0.305 e. The molecule has 0 spiro atoms. The summed E-state index contributed by atoms with van der Waals surface area (Å²) in [7, 11) is 0. The van der Waals surface area contributed by atoms with Gasteiger partial charge in [-0.1, -0.05) is 17.7 Å². The Kier molecular flexibility index (Phi) is 4.65. The Morgan fingerprint density at radius 2 is 1.82 bits per heavy atom. The van der Waals surface area contributed by atoms with E-state index in [0.29, 0.717) is 0 Å². The summed E-state index contributed by atoms with van der Waals surface area (Å²) in [6.07, 6.45) is 1.30. The molecule has 0 bridgehead atoms. The zero-order chi connectivity index (χ0) is 16.3. The van der Waals surface area contributed by atoms with Gasteiger partial charge in [-0.25, -0.2) is 0 Å². The Morgan fingerprint density at radius 3 is 2.32 bits per heavy atom. The number of hydrogen-bond acceptors (Lipinski definition) is 3. The third-order valence-electron chi connectivity index (χ3n) is 3.43. The van der Waals surface area contributed by atoms with E-state index in [1.807, 2.05) is 32.9 Å². The molecule has 1 N–H and O–H groups in total. The molecular weight excluding hydrogens is 282 g/mol. The maximum atomic E-state index is 12.6. The van der Waals surface area contributed by atoms with Gasteiger partial charge in [0, 0.05) is 12.2 Å². The molecular formula is C17H19NO4. The lowest BCUT2D eigenvalue weighted by Gasteiger charge is -2.25. The molecule has 0 aliphatic rings. The quantitative estimate of drug-likeness (QED) is 0.919. The largest absolute Gasteiger partial charge is 0.481 e. The normalized spacial score (nSPS) is 10.5. The predicted octanol–water partition coefficient (Wildman–Crippen LogP) is 3.33. The fourth-order valence-corrected chi connectivity index (χ4v) is 2.65. The second-order valence-corrected chi connectivity index (χ2v) is 5.33. The first-order chi connectivity index (χ1) is 10.4. The van der Waals surface area contributed by atoms with E-state index in [1.54, 1.807) is 12.1 Å². The summed E-state index contributed by atoms with van der Waals surface area (Å²) < 4.78 is 5.17. The third-order valence-corrected chi connectivity index (χ3v) is 3.43. The van der Waals surface area contributed by atoms with Crippen molar-refractivity contribution in [2.24, 2.45) is 0 Å².